The maximum atomic E-state index is 13.1. The van der Waals surface area contributed by atoms with Crippen LogP contribution in [0.3, 0.4) is 0 Å². The molecule has 2 N–H and O–H groups in total. The number of hydrogen-bond donors (Lipinski definition) is 1. The van der Waals surface area contributed by atoms with Gasteiger partial charge >= 0.3 is 0 Å². The number of ketones is 4. The highest BCUT2D eigenvalue weighted by molar-refractivity contribution is 6.52. The molecule has 0 saturated carbocycles. The van der Waals surface area contributed by atoms with E-state index in [1.807, 2.05) is 0 Å². The van der Waals surface area contributed by atoms with E-state index in [0.717, 1.165) is 0 Å². The van der Waals surface area contributed by atoms with Gasteiger partial charge in [-0.25, -0.2) is 0 Å². The summed E-state index contributed by atoms with van der Waals surface area (Å²) in [6.07, 6.45) is 0. The van der Waals surface area contributed by atoms with E-state index in [4.69, 9.17) is 22.1 Å². The second-order valence-electron chi connectivity index (χ2n) is 6.25. The molecule has 0 bridgehead atoms. The molecule has 0 saturated heterocycles. The molecule has 2 aliphatic rings. The van der Waals surface area contributed by atoms with Crippen molar-refractivity contribution >= 4 is 34.7 Å². The van der Waals surface area contributed by atoms with E-state index >= 15 is 0 Å². The molecule has 138 valence electrons. The summed E-state index contributed by atoms with van der Waals surface area (Å²) in [6.45, 7) is 0. The van der Waals surface area contributed by atoms with Crippen LogP contribution in [0.4, 0.5) is 0 Å². The lowest BCUT2D eigenvalue weighted by molar-refractivity contribution is 0.0955. The number of halogens is 1. The number of carbonyl (C=O) groups is 4. The zero-order valence-electron chi connectivity index (χ0n) is 14.5. The monoisotopic (exact) mass is 393 g/mol. The van der Waals surface area contributed by atoms with E-state index in [1.54, 1.807) is 12.1 Å². The molecular weight excluding hydrogens is 382 g/mol. The molecule has 28 heavy (non-hydrogen) atoms. The summed E-state index contributed by atoms with van der Waals surface area (Å²) in [5, 5.41) is -0.443. The highest BCUT2D eigenvalue weighted by Crippen LogP contribution is 2.38. The average molecular weight is 394 g/mol. The van der Waals surface area contributed by atoms with E-state index in [1.165, 1.54) is 37.4 Å². The average Bonchev–Trinajstić information content (AvgIpc) is 2.72. The predicted octanol–water partition coefficient (Wildman–Crippen LogP) is 2.86. The van der Waals surface area contributed by atoms with Gasteiger partial charge in [0.1, 0.15) is 10.8 Å². The fourth-order valence-corrected chi connectivity index (χ4v) is 3.65. The zero-order chi connectivity index (χ0) is 20.2. The van der Waals surface area contributed by atoms with Crippen LogP contribution in [0.1, 0.15) is 41.4 Å². The maximum absolute atomic E-state index is 13.1. The molecule has 4 rings (SSSR count). The third-order valence-corrected chi connectivity index (χ3v) is 5.13. The number of carbonyl (C=O) groups excluding carboxylic acids is 4. The van der Waals surface area contributed by atoms with Crippen LogP contribution in [0.5, 0.6) is 5.75 Å². The van der Waals surface area contributed by atoms with Crippen LogP contribution < -0.4 is 10.5 Å². The lowest BCUT2D eigenvalue weighted by Gasteiger charge is -2.24. The Kier molecular flexibility index (Phi) is 4.01. The Balaban J connectivity index is 1.96. The molecule has 0 heterocycles. The smallest absolute Gasteiger partial charge is 0.210 e. The van der Waals surface area contributed by atoms with Crippen LogP contribution >= 0.6 is 11.6 Å². The van der Waals surface area contributed by atoms with Gasteiger partial charge < -0.3 is 10.5 Å². The first-order chi connectivity index (χ1) is 13.4. The standard InChI is InChI=1S/C21H12ClNO5/c1-28-9-6-7-12-13(8-9)19(25)14(16(22)20(12)26)15-17(23)21(27)11-5-3-2-4-10(11)18(15)24/h2-8H,23H2,1H3. The van der Waals surface area contributed by atoms with E-state index in [-0.39, 0.29) is 33.4 Å². The normalized spacial score (nSPS) is 16.4. The van der Waals surface area contributed by atoms with Crippen LogP contribution in [0.15, 0.2) is 64.3 Å². The molecule has 2 aromatic carbocycles. The predicted molar refractivity (Wildman–Crippen MR) is 101 cm³/mol. The second kappa shape index (κ2) is 6.28. The van der Waals surface area contributed by atoms with E-state index in [2.05, 4.69) is 0 Å². The van der Waals surface area contributed by atoms with Gasteiger partial charge in [0, 0.05) is 22.3 Å². The van der Waals surface area contributed by atoms with Gasteiger partial charge in [0.15, 0.2) is 11.6 Å². The number of benzene rings is 2. The van der Waals surface area contributed by atoms with Crippen molar-refractivity contribution in [3.05, 3.63) is 86.6 Å². The molecule has 0 aliphatic heterocycles. The van der Waals surface area contributed by atoms with Crippen molar-refractivity contribution in [3.8, 4) is 5.75 Å². The van der Waals surface area contributed by atoms with Gasteiger partial charge in [-0.05, 0) is 18.2 Å². The van der Waals surface area contributed by atoms with Gasteiger partial charge in [0.2, 0.25) is 11.6 Å². The maximum Gasteiger partial charge on any atom is 0.210 e. The topological polar surface area (TPSA) is 104 Å². The van der Waals surface area contributed by atoms with Crippen molar-refractivity contribution in [1.82, 2.24) is 0 Å². The minimum atomic E-state index is -0.669. The van der Waals surface area contributed by atoms with Gasteiger partial charge in [-0.2, -0.15) is 0 Å². The Morgan fingerprint density at radius 3 is 1.96 bits per heavy atom. The minimum absolute atomic E-state index is 0.0307. The number of hydrogen-bond acceptors (Lipinski definition) is 6. The summed E-state index contributed by atoms with van der Waals surface area (Å²) >= 11 is 6.19. The summed E-state index contributed by atoms with van der Waals surface area (Å²) in [5.41, 5.74) is 5.18. The molecule has 6 nitrogen and oxygen atoms in total. The molecule has 0 unspecified atom stereocenters. The van der Waals surface area contributed by atoms with Crippen molar-refractivity contribution in [1.29, 1.82) is 0 Å². The second-order valence-corrected chi connectivity index (χ2v) is 6.63. The molecule has 2 aromatic rings. The number of Topliss-reactive ketones (excluding diaryl/α,β-unsaturated/α-hetero) is 4. The number of ether oxygens (including phenoxy) is 1. The Labute approximate surface area is 164 Å². The third kappa shape index (κ3) is 2.35. The van der Waals surface area contributed by atoms with Gasteiger partial charge in [-0.15, -0.1) is 0 Å². The highest BCUT2D eigenvalue weighted by Gasteiger charge is 2.40. The van der Waals surface area contributed by atoms with Gasteiger partial charge in [-0.1, -0.05) is 35.9 Å². The largest absolute Gasteiger partial charge is 0.497 e. The first-order valence-electron chi connectivity index (χ1n) is 8.22. The lowest BCUT2D eigenvalue weighted by atomic mass is 9.78. The number of nitrogens with two attached hydrogens (primary N) is 1. The third-order valence-electron chi connectivity index (χ3n) is 4.77. The highest BCUT2D eigenvalue weighted by atomic mass is 35.5. The van der Waals surface area contributed by atoms with Crippen molar-refractivity contribution in [3.63, 3.8) is 0 Å². The van der Waals surface area contributed by atoms with E-state index in [0.29, 0.717) is 5.75 Å². The molecule has 0 amide bonds. The first kappa shape index (κ1) is 17.9. The van der Waals surface area contributed by atoms with Gasteiger partial charge in [0.05, 0.1) is 24.0 Å². The molecule has 0 spiro atoms. The molecule has 0 atom stereocenters. The van der Waals surface area contributed by atoms with Crippen LogP contribution in [-0.4, -0.2) is 30.2 Å². The Morgan fingerprint density at radius 1 is 0.750 bits per heavy atom. The summed E-state index contributed by atoms with van der Waals surface area (Å²) in [6, 6.07) is 10.5. The quantitative estimate of drug-likeness (QED) is 0.841. The summed E-state index contributed by atoms with van der Waals surface area (Å²) in [5.74, 6) is -2.17. The minimum Gasteiger partial charge on any atom is -0.497 e. The van der Waals surface area contributed by atoms with Crippen LogP contribution in [0, 0.1) is 0 Å². The van der Waals surface area contributed by atoms with E-state index in [9.17, 15) is 19.2 Å². The summed E-state index contributed by atoms with van der Waals surface area (Å²) < 4.78 is 5.11. The molecule has 0 radical (unpaired) electrons. The van der Waals surface area contributed by atoms with E-state index < -0.39 is 33.9 Å². The fraction of sp³-hybridized carbons (Fsp3) is 0.0476. The fourth-order valence-electron chi connectivity index (χ4n) is 3.37. The molecule has 7 heteroatoms. The zero-order valence-corrected chi connectivity index (χ0v) is 15.3. The van der Waals surface area contributed by atoms with Crippen molar-refractivity contribution < 1.29 is 23.9 Å². The Hall–Kier alpha value is -3.51. The number of rotatable bonds is 2. The van der Waals surface area contributed by atoms with Crippen LogP contribution in [0.2, 0.25) is 0 Å². The van der Waals surface area contributed by atoms with Crippen LogP contribution in [-0.2, 0) is 0 Å². The molecule has 0 aromatic heterocycles. The number of fused-ring (bicyclic) bond motifs is 2. The summed E-state index contributed by atoms with van der Waals surface area (Å²) in [7, 11) is 1.42. The summed E-state index contributed by atoms with van der Waals surface area (Å²) in [4.78, 5) is 51.5. The number of allylic oxidation sites excluding steroid dienone is 4. The Morgan fingerprint density at radius 2 is 1.32 bits per heavy atom. The number of methoxy groups -OCH3 is 1. The SMILES string of the molecule is COc1ccc2c(c1)C(=O)C(C1=C(N)C(=O)c3ccccc3C1=O)=C(Cl)C2=O. The van der Waals surface area contributed by atoms with Gasteiger partial charge in [0.25, 0.3) is 0 Å². The van der Waals surface area contributed by atoms with Gasteiger partial charge in [-0.3, -0.25) is 19.2 Å². The van der Waals surface area contributed by atoms with Crippen molar-refractivity contribution in [2.24, 2.45) is 5.73 Å². The molecule has 0 fully saturated rings. The molecule has 2 aliphatic carbocycles. The Bertz CT molecular complexity index is 1190. The first-order valence-corrected chi connectivity index (χ1v) is 8.60. The van der Waals surface area contributed by atoms with Crippen LogP contribution in [0.25, 0.3) is 0 Å². The van der Waals surface area contributed by atoms with Crippen molar-refractivity contribution in [2.75, 3.05) is 7.11 Å². The van der Waals surface area contributed by atoms with Crippen molar-refractivity contribution in [2.45, 2.75) is 0 Å². The lowest BCUT2D eigenvalue weighted by Crippen LogP contribution is -2.31. The molecular formula is C21H12ClNO5.